The number of sulfone groups is 1. The molecule has 20 heavy (non-hydrogen) atoms. The van der Waals surface area contributed by atoms with Crippen molar-refractivity contribution in [2.75, 3.05) is 30.5 Å². The predicted octanol–water partition coefficient (Wildman–Crippen LogP) is 1.12. The Morgan fingerprint density at radius 1 is 1.45 bits per heavy atom. The van der Waals surface area contributed by atoms with Crippen LogP contribution in [0.2, 0.25) is 0 Å². The van der Waals surface area contributed by atoms with Crippen LogP contribution in [0.15, 0.2) is 12.3 Å². The van der Waals surface area contributed by atoms with Crippen molar-refractivity contribution in [3.8, 4) is 0 Å². The first-order valence-electron chi connectivity index (χ1n) is 6.93. The van der Waals surface area contributed by atoms with Crippen LogP contribution in [-0.2, 0) is 16.4 Å². The second-order valence-electron chi connectivity index (χ2n) is 5.66. The Hall–Kier alpha value is -1.14. The fourth-order valence-electron chi connectivity index (χ4n) is 2.03. The summed E-state index contributed by atoms with van der Waals surface area (Å²) in [7, 11) is -1.01. The van der Waals surface area contributed by atoms with Crippen LogP contribution < -0.4 is 10.2 Å². The molecule has 5 nitrogen and oxygen atoms in total. The fraction of sp³-hybridized carbons (Fsp3) is 0.643. The maximum Gasteiger partial charge on any atom is 0.149 e. The molecule has 0 aliphatic heterocycles. The number of aromatic nitrogens is 1. The molecule has 0 aromatic carbocycles. The highest BCUT2D eigenvalue weighted by molar-refractivity contribution is 7.90. The van der Waals surface area contributed by atoms with Crippen molar-refractivity contribution < 1.29 is 8.42 Å². The summed E-state index contributed by atoms with van der Waals surface area (Å²) >= 11 is 0. The zero-order valence-electron chi connectivity index (χ0n) is 12.4. The van der Waals surface area contributed by atoms with Crippen LogP contribution in [0, 0.1) is 6.92 Å². The molecule has 0 radical (unpaired) electrons. The minimum absolute atomic E-state index is 0.167. The van der Waals surface area contributed by atoms with Gasteiger partial charge in [-0.15, -0.1) is 0 Å². The Balaban J connectivity index is 2.08. The summed E-state index contributed by atoms with van der Waals surface area (Å²) in [6.45, 7) is 3.24. The lowest BCUT2D eigenvalue weighted by atomic mass is 10.2. The quantitative estimate of drug-likeness (QED) is 0.817. The monoisotopic (exact) mass is 297 g/mol. The van der Waals surface area contributed by atoms with E-state index in [1.54, 1.807) is 0 Å². The van der Waals surface area contributed by atoms with E-state index in [1.165, 1.54) is 19.1 Å². The van der Waals surface area contributed by atoms with Crippen molar-refractivity contribution >= 4 is 15.5 Å². The van der Waals surface area contributed by atoms with Crippen LogP contribution in [0.25, 0.3) is 0 Å². The van der Waals surface area contributed by atoms with Gasteiger partial charge in [0.05, 0.1) is 5.75 Å². The maximum absolute atomic E-state index is 11.3. The zero-order valence-corrected chi connectivity index (χ0v) is 13.2. The first-order chi connectivity index (χ1) is 9.35. The van der Waals surface area contributed by atoms with E-state index in [0.717, 1.165) is 23.5 Å². The van der Waals surface area contributed by atoms with E-state index in [0.29, 0.717) is 12.6 Å². The van der Waals surface area contributed by atoms with Crippen LogP contribution in [-0.4, -0.2) is 45.0 Å². The molecule has 1 heterocycles. The average Bonchev–Trinajstić information content (AvgIpc) is 3.17. The highest BCUT2D eigenvalue weighted by Crippen LogP contribution is 2.23. The molecule has 0 unspecified atom stereocenters. The first kappa shape index (κ1) is 15.3. The molecule has 1 saturated carbocycles. The molecule has 2 rings (SSSR count). The van der Waals surface area contributed by atoms with E-state index in [-0.39, 0.29) is 5.75 Å². The molecule has 1 aliphatic carbocycles. The molecule has 6 heteroatoms. The van der Waals surface area contributed by atoms with Gasteiger partial charge in [0.15, 0.2) is 0 Å². The molecule has 1 N–H and O–H groups in total. The van der Waals surface area contributed by atoms with Crippen molar-refractivity contribution in [3.63, 3.8) is 0 Å². The zero-order chi connectivity index (χ0) is 14.8. The van der Waals surface area contributed by atoms with Gasteiger partial charge in [0.25, 0.3) is 0 Å². The van der Waals surface area contributed by atoms with Crippen LogP contribution in [0.5, 0.6) is 0 Å². The smallest absolute Gasteiger partial charge is 0.149 e. The van der Waals surface area contributed by atoms with E-state index in [2.05, 4.69) is 10.3 Å². The topological polar surface area (TPSA) is 62.3 Å². The highest BCUT2D eigenvalue weighted by atomic mass is 32.2. The van der Waals surface area contributed by atoms with Crippen molar-refractivity contribution in [3.05, 3.63) is 23.5 Å². The molecule has 0 bridgehead atoms. The number of hydrogen-bond acceptors (Lipinski definition) is 5. The van der Waals surface area contributed by atoms with Gasteiger partial charge in [-0.2, -0.15) is 0 Å². The van der Waals surface area contributed by atoms with Crippen molar-refractivity contribution in [2.24, 2.45) is 0 Å². The molecule has 0 saturated heterocycles. The predicted molar refractivity (Wildman–Crippen MR) is 81.8 cm³/mol. The van der Waals surface area contributed by atoms with E-state index in [4.69, 9.17) is 0 Å². The minimum atomic E-state index is -2.94. The number of hydrogen-bond donors (Lipinski definition) is 1. The Morgan fingerprint density at radius 2 is 2.15 bits per heavy atom. The number of pyridine rings is 1. The molecule has 1 aromatic heterocycles. The highest BCUT2D eigenvalue weighted by Gasteiger charge is 2.21. The third kappa shape index (κ3) is 4.76. The Kier molecular flexibility index (Phi) is 4.65. The summed E-state index contributed by atoms with van der Waals surface area (Å²) in [6.07, 6.45) is 5.66. The van der Waals surface area contributed by atoms with Crippen LogP contribution in [0.3, 0.4) is 0 Å². The van der Waals surface area contributed by atoms with Gasteiger partial charge in [0.1, 0.15) is 9.84 Å². The molecule has 0 amide bonds. The Morgan fingerprint density at radius 3 is 2.75 bits per heavy atom. The fourth-order valence-corrected chi connectivity index (χ4v) is 2.64. The number of nitrogens with zero attached hydrogens (tertiary/aromatic N) is 2. The summed E-state index contributed by atoms with van der Waals surface area (Å²) in [6, 6.07) is 2.66. The molecule has 0 spiro atoms. The van der Waals surface area contributed by atoms with Gasteiger partial charge in [-0.25, -0.2) is 8.42 Å². The van der Waals surface area contributed by atoms with E-state index >= 15 is 0 Å². The average molecular weight is 297 g/mol. The molecule has 1 aliphatic rings. The summed E-state index contributed by atoms with van der Waals surface area (Å²) in [5.41, 5.74) is 3.13. The van der Waals surface area contributed by atoms with Crippen LogP contribution in [0.1, 0.15) is 24.1 Å². The minimum Gasteiger partial charge on any atom is -0.373 e. The van der Waals surface area contributed by atoms with Crippen LogP contribution >= 0.6 is 0 Å². The lowest BCUT2D eigenvalue weighted by molar-refractivity contribution is 0.601. The molecular weight excluding hydrogens is 274 g/mol. The Labute approximate surface area is 121 Å². The van der Waals surface area contributed by atoms with E-state index < -0.39 is 9.84 Å². The van der Waals surface area contributed by atoms with Gasteiger partial charge in [-0.05, 0) is 25.8 Å². The SMILES string of the molecule is Cc1cc(N(C)CCS(C)(=O)=O)c(CNC2CC2)cn1. The molecule has 1 aromatic rings. The number of anilines is 1. The van der Waals surface area contributed by atoms with Crippen molar-refractivity contribution in [1.29, 1.82) is 0 Å². The van der Waals surface area contributed by atoms with Crippen molar-refractivity contribution in [1.82, 2.24) is 10.3 Å². The second-order valence-corrected chi connectivity index (χ2v) is 7.92. The van der Waals surface area contributed by atoms with Crippen molar-refractivity contribution in [2.45, 2.75) is 32.4 Å². The lowest BCUT2D eigenvalue weighted by Gasteiger charge is -2.22. The molecule has 1 fully saturated rings. The third-order valence-corrected chi connectivity index (χ3v) is 4.39. The largest absolute Gasteiger partial charge is 0.373 e. The molecule has 112 valence electrons. The first-order valence-corrected chi connectivity index (χ1v) is 8.99. The normalized spacial score (nSPS) is 15.3. The molecular formula is C14H23N3O2S. The standard InChI is InChI=1S/C14H23N3O2S/c1-11-8-14(17(2)6-7-20(3,18)19)12(9-15-11)10-16-13-4-5-13/h8-9,13,16H,4-7,10H2,1-3H3. The summed E-state index contributed by atoms with van der Waals surface area (Å²) in [5, 5.41) is 3.48. The van der Waals surface area contributed by atoms with Gasteiger partial charge >= 0.3 is 0 Å². The number of aryl methyl sites for hydroxylation is 1. The van der Waals surface area contributed by atoms with Crippen LogP contribution in [0.4, 0.5) is 5.69 Å². The van der Waals surface area contributed by atoms with Gasteiger partial charge in [0, 0.05) is 55.6 Å². The Bertz CT molecular complexity index is 568. The molecule has 0 atom stereocenters. The van der Waals surface area contributed by atoms with Gasteiger partial charge < -0.3 is 10.2 Å². The van der Waals surface area contributed by atoms with E-state index in [9.17, 15) is 8.42 Å². The van der Waals surface area contributed by atoms with Gasteiger partial charge in [-0.3, -0.25) is 4.98 Å². The van der Waals surface area contributed by atoms with E-state index in [1.807, 2.05) is 31.1 Å². The van der Waals surface area contributed by atoms with Gasteiger partial charge in [-0.1, -0.05) is 0 Å². The van der Waals surface area contributed by atoms with Gasteiger partial charge in [0.2, 0.25) is 0 Å². The lowest BCUT2D eigenvalue weighted by Crippen LogP contribution is -2.27. The maximum atomic E-state index is 11.3. The number of nitrogens with one attached hydrogen (secondary N) is 1. The number of rotatable bonds is 7. The summed E-state index contributed by atoms with van der Waals surface area (Å²) in [5.74, 6) is 0.167. The second kappa shape index (κ2) is 6.10. The third-order valence-electron chi connectivity index (χ3n) is 3.47. The summed E-state index contributed by atoms with van der Waals surface area (Å²) < 4.78 is 22.6. The summed E-state index contributed by atoms with van der Waals surface area (Å²) in [4.78, 5) is 6.34.